The van der Waals surface area contributed by atoms with Crippen molar-refractivity contribution in [2.75, 3.05) is 18.5 Å². The van der Waals surface area contributed by atoms with Crippen molar-refractivity contribution < 1.29 is 14.3 Å². The molecule has 0 fully saturated rings. The first-order valence-corrected chi connectivity index (χ1v) is 8.94. The van der Waals surface area contributed by atoms with E-state index in [4.69, 9.17) is 32.7 Å². The molecule has 0 radical (unpaired) electrons. The van der Waals surface area contributed by atoms with Gasteiger partial charge in [0, 0.05) is 11.1 Å². The molecular formula is C19H21Cl2NO3. The standard InChI is InChI=1S/C19H21Cl2NO3/c1-2-3-4-10-24-15-6-5-7-16(12-15)25-13-19(23)22-18-9-8-14(20)11-17(18)21/h5-9,11-12H,2-4,10,13H2,1H3,(H,22,23). The molecule has 1 N–H and O–H groups in total. The van der Waals surface area contributed by atoms with Gasteiger partial charge in [0.25, 0.3) is 5.91 Å². The molecule has 0 aliphatic rings. The zero-order valence-corrected chi connectivity index (χ0v) is 15.6. The molecular weight excluding hydrogens is 361 g/mol. The van der Waals surface area contributed by atoms with Gasteiger partial charge in [0.05, 0.1) is 17.3 Å². The second-order valence-corrected chi connectivity index (χ2v) is 6.34. The van der Waals surface area contributed by atoms with Gasteiger partial charge in [0.2, 0.25) is 0 Å². The van der Waals surface area contributed by atoms with E-state index in [2.05, 4.69) is 12.2 Å². The largest absolute Gasteiger partial charge is 0.493 e. The van der Waals surface area contributed by atoms with Gasteiger partial charge < -0.3 is 14.8 Å². The van der Waals surface area contributed by atoms with Gasteiger partial charge >= 0.3 is 0 Å². The van der Waals surface area contributed by atoms with Crippen molar-refractivity contribution in [3.8, 4) is 11.5 Å². The lowest BCUT2D eigenvalue weighted by Gasteiger charge is -2.10. The highest BCUT2D eigenvalue weighted by molar-refractivity contribution is 6.36. The summed E-state index contributed by atoms with van der Waals surface area (Å²) in [4.78, 5) is 12.0. The molecule has 6 heteroatoms. The van der Waals surface area contributed by atoms with Gasteiger partial charge in [0.15, 0.2) is 6.61 Å². The predicted octanol–water partition coefficient (Wildman–Crippen LogP) is 5.58. The summed E-state index contributed by atoms with van der Waals surface area (Å²) in [5.74, 6) is 0.999. The summed E-state index contributed by atoms with van der Waals surface area (Å²) in [6, 6.07) is 12.1. The van der Waals surface area contributed by atoms with E-state index >= 15 is 0 Å². The molecule has 0 heterocycles. The van der Waals surface area contributed by atoms with Crippen LogP contribution in [-0.4, -0.2) is 19.1 Å². The number of halogens is 2. The Bertz CT molecular complexity index is 707. The monoisotopic (exact) mass is 381 g/mol. The molecule has 1 amide bonds. The van der Waals surface area contributed by atoms with Crippen LogP contribution < -0.4 is 14.8 Å². The molecule has 0 spiro atoms. The van der Waals surface area contributed by atoms with Crippen LogP contribution in [0.3, 0.4) is 0 Å². The molecule has 0 bridgehead atoms. The van der Waals surface area contributed by atoms with Crippen molar-refractivity contribution in [3.63, 3.8) is 0 Å². The van der Waals surface area contributed by atoms with Gasteiger partial charge in [-0.1, -0.05) is 49.0 Å². The topological polar surface area (TPSA) is 47.6 Å². The minimum absolute atomic E-state index is 0.127. The number of carbonyl (C=O) groups excluding carboxylic acids is 1. The van der Waals surface area contributed by atoms with Crippen LogP contribution in [0.1, 0.15) is 26.2 Å². The average molecular weight is 382 g/mol. The second-order valence-electron chi connectivity index (χ2n) is 5.49. The fraction of sp³-hybridized carbons (Fsp3) is 0.316. The van der Waals surface area contributed by atoms with E-state index in [1.807, 2.05) is 12.1 Å². The summed E-state index contributed by atoms with van der Waals surface area (Å²) >= 11 is 11.9. The van der Waals surface area contributed by atoms with Crippen LogP contribution in [0.5, 0.6) is 11.5 Å². The fourth-order valence-corrected chi connectivity index (χ4v) is 2.58. The Morgan fingerprint density at radius 1 is 1.04 bits per heavy atom. The van der Waals surface area contributed by atoms with E-state index in [-0.39, 0.29) is 12.5 Å². The quantitative estimate of drug-likeness (QED) is 0.576. The van der Waals surface area contributed by atoms with E-state index < -0.39 is 0 Å². The highest BCUT2D eigenvalue weighted by Crippen LogP contribution is 2.25. The van der Waals surface area contributed by atoms with Gasteiger partial charge in [-0.15, -0.1) is 0 Å². The van der Waals surface area contributed by atoms with E-state index in [0.717, 1.165) is 25.0 Å². The number of benzene rings is 2. The van der Waals surface area contributed by atoms with E-state index in [1.54, 1.807) is 30.3 Å². The summed E-state index contributed by atoms with van der Waals surface area (Å²) in [5, 5.41) is 3.57. The minimum atomic E-state index is -0.307. The smallest absolute Gasteiger partial charge is 0.262 e. The molecule has 0 aromatic heterocycles. The predicted molar refractivity (Wildman–Crippen MR) is 102 cm³/mol. The molecule has 2 aromatic rings. The third-order valence-electron chi connectivity index (χ3n) is 3.40. The highest BCUT2D eigenvalue weighted by atomic mass is 35.5. The summed E-state index contributed by atoms with van der Waals surface area (Å²) < 4.78 is 11.2. The SMILES string of the molecule is CCCCCOc1cccc(OCC(=O)Nc2ccc(Cl)cc2Cl)c1. The first kappa shape index (κ1) is 19.4. The second kappa shape index (κ2) is 10.2. The molecule has 25 heavy (non-hydrogen) atoms. The molecule has 134 valence electrons. The van der Waals surface area contributed by atoms with Crippen molar-refractivity contribution in [2.24, 2.45) is 0 Å². The maximum Gasteiger partial charge on any atom is 0.262 e. The number of ether oxygens (including phenoxy) is 2. The maximum absolute atomic E-state index is 12.0. The minimum Gasteiger partial charge on any atom is -0.493 e. The Morgan fingerprint density at radius 2 is 1.80 bits per heavy atom. The van der Waals surface area contributed by atoms with Gasteiger partial charge in [-0.2, -0.15) is 0 Å². The van der Waals surface area contributed by atoms with Crippen LogP contribution in [0.25, 0.3) is 0 Å². The molecule has 0 aliphatic carbocycles. The van der Waals surface area contributed by atoms with Crippen LogP contribution in [0, 0.1) is 0 Å². The Kier molecular flexibility index (Phi) is 7.89. The third kappa shape index (κ3) is 6.85. The van der Waals surface area contributed by atoms with E-state index in [0.29, 0.717) is 28.1 Å². The normalized spacial score (nSPS) is 10.4. The lowest BCUT2D eigenvalue weighted by molar-refractivity contribution is -0.118. The molecule has 2 rings (SSSR count). The lowest BCUT2D eigenvalue weighted by atomic mass is 10.3. The van der Waals surface area contributed by atoms with Crippen LogP contribution in [0.4, 0.5) is 5.69 Å². The number of rotatable bonds is 9. The lowest BCUT2D eigenvalue weighted by Crippen LogP contribution is -2.20. The molecule has 0 atom stereocenters. The zero-order chi connectivity index (χ0) is 18.1. The van der Waals surface area contributed by atoms with E-state index in [1.165, 1.54) is 0 Å². The van der Waals surface area contributed by atoms with Crippen LogP contribution in [0.15, 0.2) is 42.5 Å². The van der Waals surface area contributed by atoms with Crippen molar-refractivity contribution in [2.45, 2.75) is 26.2 Å². The van der Waals surface area contributed by atoms with Gasteiger partial charge in [-0.25, -0.2) is 0 Å². The van der Waals surface area contributed by atoms with Crippen LogP contribution >= 0.6 is 23.2 Å². The van der Waals surface area contributed by atoms with Gasteiger partial charge in [-0.3, -0.25) is 4.79 Å². The highest BCUT2D eigenvalue weighted by Gasteiger charge is 2.08. The number of nitrogens with one attached hydrogen (secondary N) is 1. The molecule has 0 aliphatic heterocycles. The number of hydrogen-bond donors (Lipinski definition) is 1. The molecule has 2 aromatic carbocycles. The zero-order valence-electron chi connectivity index (χ0n) is 14.1. The number of carbonyl (C=O) groups is 1. The fourth-order valence-electron chi connectivity index (χ4n) is 2.12. The van der Waals surface area contributed by atoms with E-state index in [9.17, 15) is 4.79 Å². The molecule has 0 unspecified atom stereocenters. The molecule has 0 saturated carbocycles. The Hall–Kier alpha value is -1.91. The summed E-state index contributed by atoms with van der Waals surface area (Å²) in [7, 11) is 0. The number of amides is 1. The number of anilines is 1. The summed E-state index contributed by atoms with van der Waals surface area (Å²) in [5.41, 5.74) is 0.493. The first-order valence-electron chi connectivity index (χ1n) is 8.19. The van der Waals surface area contributed by atoms with Gasteiger partial charge in [-0.05, 0) is 36.8 Å². The Morgan fingerprint density at radius 3 is 2.52 bits per heavy atom. The Balaban J connectivity index is 1.82. The van der Waals surface area contributed by atoms with Crippen molar-refractivity contribution in [1.29, 1.82) is 0 Å². The first-order chi connectivity index (χ1) is 12.1. The third-order valence-corrected chi connectivity index (χ3v) is 3.95. The maximum atomic E-state index is 12.0. The summed E-state index contributed by atoms with van der Waals surface area (Å²) in [6.07, 6.45) is 3.31. The van der Waals surface area contributed by atoms with Crippen LogP contribution in [-0.2, 0) is 4.79 Å². The number of hydrogen-bond acceptors (Lipinski definition) is 3. The van der Waals surface area contributed by atoms with Gasteiger partial charge in [0.1, 0.15) is 11.5 Å². The van der Waals surface area contributed by atoms with Crippen molar-refractivity contribution in [1.82, 2.24) is 0 Å². The molecule has 0 saturated heterocycles. The van der Waals surface area contributed by atoms with Crippen molar-refractivity contribution >= 4 is 34.8 Å². The van der Waals surface area contributed by atoms with Crippen LogP contribution in [0.2, 0.25) is 10.0 Å². The number of unbranched alkanes of at least 4 members (excludes halogenated alkanes) is 2. The molecule has 4 nitrogen and oxygen atoms in total. The average Bonchev–Trinajstić information content (AvgIpc) is 2.60. The summed E-state index contributed by atoms with van der Waals surface area (Å²) in [6.45, 7) is 2.70. The Labute approximate surface area is 158 Å². The van der Waals surface area contributed by atoms with Crippen molar-refractivity contribution in [3.05, 3.63) is 52.5 Å².